The molecule has 0 aromatic carbocycles. The van der Waals surface area contributed by atoms with E-state index in [2.05, 4.69) is 25.5 Å². The van der Waals surface area contributed by atoms with E-state index in [1.54, 1.807) is 0 Å². The maximum atomic E-state index is 6.34. The van der Waals surface area contributed by atoms with Gasteiger partial charge in [0.15, 0.2) is 0 Å². The van der Waals surface area contributed by atoms with Crippen molar-refractivity contribution in [2.75, 3.05) is 7.05 Å². The summed E-state index contributed by atoms with van der Waals surface area (Å²) in [5.41, 5.74) is 7.66. The number of rotatable bonds is 4. The molecule has 2 nitrogen and oxygen atoms in total. The van der Waals surface area contributed by atoms with Crippen LogP contribution >= 0.6 is 0 Å². The molecular formula is C14H26N2. The molecule has 2 heterocycles. The predicted octanol–water partition coefficient (Wildman–Crippen LogP) is 2.54. The Morgan fingerprint density at radius 1 is 1.38 bits per heavy atom. The minimum atomic E-state index is 0.351. The van der Waals surface area contributed by atoms with E-state index in [1.807, 2.05) is 0 Å². The van der Waals surface area contributed by atoms with Crippen LogP contribution in [0.5, 0.6) is 0 Å². The normalized spacial score (nSPS) is 36.3. The third-order valence-electron chi connectivity index (χ3n) is 4.76. The lowest BCUT2D eigenvalue weighted by Crippen LogP contribution is -2.45. The quantitative estimate of drug-likeness (QED) is 0.741. The fourth-order valence-electron chi connectivity index (χ4n) is 3.45. The van der Waals surface area contributed by atoms with Crippen molar-refractivity contribution in [3.63, 3.8) is 0 Å². The van der Waals surface area contributed by atoms with Crippen LogP contribution in [-0.4, -0.2) is 30.1 Å². The molecule has 3 unspecified atom stereocenters. The van der Waals surface area contributed by atoms with Crippen molar-refractivity contribution in [1.82, 2.24) is 4.90 Å². The molecule has 2 saturated heterocycles. The Kier molecular flexibility index (Phi) is 3.70. The Balaban J connectivity index is 1.89. The number of hydrogen-bond acceptors (Lipinski definition) is 2. The second-order valence-corrected chi connectivity index (χ2v) is 5.75. The van der Waals surface area contributed by atoms with Gasteiger partial charge in [0.25, 0.3) is 0 Å². The van der Waals surface area contributed by atoms with Crippen molar-refractivity contribution < 1.29 is 0 Å². The van der Waals surface area contributed by atoms with Gasteiger partial charge in [-0.15, -0.1) is 0 Å². The van der Waals surface area contributed by atoms with E-state index in [4.69, 9.17) is 5.73 Å². The SMILES string of the molecule is C=C(CC)CC(N)C1CC2CCC(C1)N2C. The zero-order valence-electron chi connectivity index (χ0n) is 10.8. The third-order valence-corrected chi connectivity index (χ3v) is 4.76. The van der Waals surface area contributed by atoms with Crippen LogP contribution < -0.4 is 5.73 Å². The summed E-state index contributed by atoms with van der Waals surface area (Å²) in [7, 11) is 2.29. The molecule has 0 saturated carbocycles. The first-order valence-electron chi connectivity index (χ1n) is 6.76. The monoisotopic (exact) mass is 222 g/mol. The smallest absolute Gasteiger partial charge is 0.0106 e. The van der Waals surface area contributed by atoms with Gasteiger partial charge >= 0.3 is 0 Å². The topological polar surface area (TPSA) is 29.3 Å². The maximum absolute atomic E-state index is 6.34. The Morgan fingerprint density at radius 3 is 2.44 bits per heavy atom. The third kappa shape index (κ3) is 2.33. The molecule has 3 atom stereocenters. The zero-order valence-corrected chi connectivity index (χ0v) is 10.8. The van der Waals surface area contributed by atoms with Gasteiger partial charge in [-0.25, -0.2) is 0 Å². The molecule has 2 fully saturated rings. The second kappa shape index (κ2) is 4.89. The highest BCUT2D eigenvalue weighted by atomic mass is 15.2. The minimum Gasteiger partial charge on any atom is -0.327 e. The van der Waals surface area contributed by atoms with Crippen LogP contribution in [-0.2, 0) is 0 Å². The second-order valence-electron chi connectivity index (χ2n) is 5.75. The zero-order chi connectivity index (χ0) is 11.7. The van der Waals surface area contributed by atoms with Crippen LogP contribution in [0.3, 0.4) is 0 Å². The molecule has 0 aliphatic carbocycles. The summed E-state index contributed by atoms with van der Waals surface area (Å²) in [6.07, 6.45) is 7.51. The van der Waals surface area contributed by atoms with Crippen molar-refractivity contribution in [1.29, 1.82) is 0 Å². The summed E-state index contributed by atoms with van der Waals surface area (Å²) in [5, 5.41) is 0. The largest absolute Gasteiger partial charge is 0.327 e. The minimum absolute atomic E-state index is 0.351. The molecular weight excluding hydrogens is 196 g/mol. The molecule has 16 heavy (non-hydrogen) atoms. The number of nitrogens with two attached hydrogens (primary N) is 1. The van der Waals surface area contributed by atoms with E-state index in [0.717, 1.165) is 30.8 Å². The van der Waals surface area contributed by atoms with Gasteiger partial charge in [0.1, 0.15) is 0 Å². The molecule has 0 aromatic rings. The van der Waals surface area contributed by atoms with E-state index < -0.39 is 0 Å². The van der Waals surface area contributed by atoms with Crippen LogP contribution in [0.2, 0.25) is 0 Å². The number of piperidine rings is 1. The van der Waals surface area contributed by atoms with Crippen LogP contribution in [0, 0.1) is 5.92 Å². The summed E-state index contributed by atoms with van der Waals surface area (Å²) in [4.78, 5) is 2.58. The van der Waals surface area contributed by atoms with E-state index in [9.17, 15) is 0 Å². The molecule has 0 amide bonds. The van der Waals surface area contributed by atoms with Crippen molar-refractivity contribution in [3.05, 3.63) is 12.2 Å². The molecule has 2 aliphatic heterocycles. The maximum Gasteiger partial charge on any atom is 0.0106 e. The van der Waals surface area contributed by atoms with Gasteiger partial charge < -0.3 is 10.6 Å². The Morgan fingerprint density at radius 2 is 1.94 bits per heavy atom. The highest BCUT2D eigenvalue weighted by molar-refractivity contribution is 5.01. The molecule has 2 N–H and O–H groups in total. The first-order valence-corrected chi connectivity index (χ1v) is 6.76. The van der Waals surface area contributed by atoms with Crippen LogP contribution in [0.15, 0.2) is 12.2 Å². The Bertz CT molecular complexity index is 247. The van der Waals surface area contributed by atoms with Crippen LogP contribution in [0.1, 0.15) is 45.4 Å². The van der Waals surface area contributed by atoms with Gasteiger partial charge in [0.05, 0.1) is 0 Å². The van der Waals surface area contributed by atoms with Crippen molar-refractivity contribution in [3.8, 4) is 0 Å². The molecule has 92 valence electrons. The molecule has 2 rings (SSSR count). The Labute approximate surface area is 99.9 Å². The summed E-state index contributed by atoms with van der Waals surface area (Å²) >= 11 is 0. The summed E-state index contributed by atoms with van der Waals surface area (Å²) in [6.45, 7) is 6.26. The first-order chi connectivity index (χ1) is 7.61. The molecule has 2 heteroatoms. The van der Waals surface area contributed by atoms with Gasteiger partial charge in [-0.3, -0.25) is 0 Å². The van der Waals surface area contributed by atoms with Crippen LogP contribution in [0.4, 0.5) is 0 Å². The van der Waals surface area contributed by atoms with Gasteiger partial charge in [-0.1, -0.05) is 19.1 Å². The van der Waals surface area contributed by atoms with E-state index in [0.29, 0.717) is 6.04 Å². The highest BCUT2D eigenvalue weighted by Gasteiger charge is 2.39. The lowest BCUT2D eigenvalue weighted by molar-refractivity contribution is 0.120. The van der Waals surface area contributed by atoms with Gasteiger partial charge in [0, 0.05) is 18.1 Å². The first kappa shape index (κ1) is 12.1. The summed E-state index contributed by atoms with van der Waals surface area (Å²) in [5.74, 6) is 0.733. The molecule has 0 radical (unpaired) electrons. The number of nitrogens with zero attached hydrogens (tertiary/aromatic N) is 1. The van der Waals surface area contributed by atoms with Gasteiger partial charge in [0.2, 0.25) is 0 Å². The fourth-order valence-corrected chi connectivity index (χ4v) is 3.45. The van der Waals surface area contributed by atoms with Crippen molar-refractivity contribution in [2.45, 2.75) is 63.6 Å². The predicted molar refractivity (Wildman–Crippen MR) is 69.3 cm³/mol. The molecule has 2 bridgehead atoms. The van der Waals surface area contributed by atoms with Crippen molar-refractivity contribution in [2.24, 2.45) is 11.7 Å². The summed E-state index contributed by atoms with van der Waals surface area (Å²) < 4.78 is 0. The average Bonchev–Trinajstić information content (AvgIpc) is 2.53. The molecule has 0 spiro atoms. The summed E-state index contributed by atoms with van der Waals surface area (Å²) in [6, 6.07) is 1.97. The molecule has 0 aromatic heterocycles. The lowest BCUT2D eigenvalue weighted by Gasteiger charge is -2.39. The lowest BCUT2D eigenvalue weighted by atomic mass is 9.83. The standard InChI is InChI=1S/C14H26N2/c1-4-10(2)7-14(15)11-8-12-5-6-13(9-11)16(12)3/h11-14H,2,4-9,15H2,1,3H3. The van der Waals surface area contributed by atoms with E-state index >= 15 is 0 Å². The van der Waals surface area contributed by atoms with Crippen LogP contribution in [0.25, 0.3) is 0 Å². The fraction of sp³-hybridized carbons (Fsp3) is 0.857. The van der Waals surface area contributed by atoms with Gasteiger partial charge in [-0.05, 0) is 51.5 Å². The highest BCUT2D eigenvalue weighted by Crippen LogP contribution is 2.39. The number of hydrogen-bond donors (Lipinski definition) is 1. The van der Waals surface area contributed by atoms with E-state index in [-0.39, 0.29) is 0 Å². The van der Waals surface area contributed by atoms with E-state index in [1.165, 1.54) is 31.3 Å². The van der Waals surface area contributed by atoms with Gasteiger partial charge in [-0.2, -0.15) is 0 Å². The average molecular weight is 222 g/mol. The molecule has 2 aliphatic rings. The van der Waals surface area contributed by atoms with Crippen molar-refractivity contribution >= 4 is 0 Å². The number of fused-ring (bicyclic) bond motifs is 2. The Hall–Kier alpha value is -0.340.